The van der Waals surface area contributed by atoms with Gasteiger partial charge in [-0.2, -0.15) is 0 Å². The van der Waals surface area contributed by atoms with E-state index in [1.165, 1.54) is 0 Å². The molecule has 0 heterocycles. The molecule has 0 rings (SSSR count). The average Bonchev–Trinajstić information content (AvgIpc) is 2.16. The molecule has 0 aliphatic heterocycles. The Labute approximate surface area is 105 Å². The monoisotopic (exact) mass is 244 g/mol. The second-order valence-electron chi connectivity index (χ2n) is 5.40. The normalized spacial score (nSPS) is 13.8. The van der Waals surface area contributed by atoms with E-state index >= 15 is 0 Å². The molecule has 2 N–H and O–H groups in total. The molecule has 1 atom stereocenters. The van der Waals surface area contributed by atoms with Gasteiger partial charge in [-0.1, -0.05) is 13.8 Å². The van der Waals surface area contributed by atoms with Crippen molar-refractivity contribution in [2.24, 2.45) is 5.92 Å². The van der Waals surface area contributed by atoms with Crippen LogP contribution in [0.5, 0.6) is 0 Å². The predicted molar refractivity (Wildman–Crippen MR) is 71.0 cm³/mol. The zero-order valence-electron chi connectivity index (χ0n) is 12.1. The fraction of sp³-hybridized carbons (Fsp3) is 0.923. The lowest BCUT2D eigenvalue weighted by Crippen LogP contribution is -2.45. The number of rotatable bonds is 8. The van der Waals surface area contributed by atoms with Gasteiger partial charge in [-0.25, -0.2) is 0 Å². The fourth-order valence-corrected chi connectivity index (χ4v) is 1.39. The lowest BCUT2D eigenvalue weighted by molar-refractivity contribution is -0.121. The topological polar surface area (TPSA) is 50.4 Å². The van der Waals surface area contributed by atoms with Crippen LogP contribution in [-0.2, 0) is 9.53 Å². The lowest BCUT2D eigenvalue weighted by Gasteiger charge is -2.25. The first-order valence-corrected chi connectivity index (χ1v) is 6.42. The number of hydrogen-bond donors (Lipinski definition) is 2. The van der Waals surface area contributed by atoms with Crippen molar-refractivity contribution in [2.45, 2.75) is 53.2 Å². The number of amides is 1. The highest BCUT2D eigenvalue weighted by atomic mass is 16.5. The van der Waals surface area contributed by atoms with Crippen LogP contribution in [-0.4, -0.2) is 37.2 Å². The van der Waals surface area contributed by atoms with Crippen LogP contribution in [0.2, 0.25) is 0 Å². The number of carbonyl (C=O) groups excluding carboxylic acids is 1. The Morgan fingerprint density at radius 2 is 1.88 bits per heavy atom. The van der Waals surface area contributed by atoms with Gasteiger partial charge in [0.1, 0.15) is 0 Å². The quantitative estimate of drug-likeness (QED) is 0.681. The van der Waals surface area contributed by atoms with Gasteiger partial charge >= 0.3 is 0 Å². The Balaban J connectivity index is 3.78. The van der Waals surface area contributed by atoms with Crippen LogP contribution in [0.1, 0.15) is 41.5 Å². The number of hydrogen-bond acceptors (Lipinski definition) is 3. The molecule has 0 spiro atoms. The molecule has 17 heavy (non-hydrogen) atoms. The van der Waals surface area contributed by atoms with Gasteiger partial charge in [0, 0.05) is 19.2 Å². The van der Waals surface area contributed by atoms with Gasteiger partial charge in [0.15, 0.2) is 0 Å². The summed E-state index contributed by atoms with van der Waals surface area (Å²) < 4.78 is 5.54. The minimum Gasteiger partial charge on any atom is -0.375 e. The molecule has 1 unspecified atom stereocenters. The zero-order chi connectivity index (χ0) is 13.5. The van der Waals surface area contributed by atoms with Crippen LogP contribution < -0.4 is 10.6 Å². The fourth-order valence-electron chi connectivity index (χ4n) is 1.39. The van der Waals surface area contributed by atoms with Crippen molar-refractivity contribution in [2.75, 3.05) is 19.7 Å². The summed E-state index contributed by atoms with van der Waals surface area (Å²) >= 11 is 0. The van der Waals surface area contributed by atoms with Crippen molar-refractivity contribution in [1.29, 1.82) is 0 Å². The molecule has 0 fully saturated rings. The molecule has 1 amide bonds. The number of ether oxygens (including phenoxy) is 1. The molecule has 4 heteroatoms. The molecule has 0 bridgehead atoms. The predicted octanol–water partition coefficient (Wildman–Crippen LogP) is 1.55. The maximum Gasteiger partial charge on any atom is 0.234 e. The Morgan fingerprint density at radius 3 is 2.35 bits per heavy atom. The van der Waals surface area contributed by atoms with Crippen LogP contribution in [0, 0.1) is 5.92 Å². The first-order chi connectivity index (χ1) is 7.78. The molecule has 0 radical (unpaired) electrons. The third kappa shape index (κ3) is 8.16. The third-order valence-electron chi connectivity index (χ3n) is 2.76. The van der Waals surface area contributed by atoms with Crippen molar-refractivity contribution in [3.8, 4) is 0 Å². The van der Waals surface area contributed by atoms with Gasteiger partial charge in [-0.15, -0.1) is 0 Å². The second kappa shape index (κ2) is 7.67. The minimum absolute atomic E-state index is 0.0403. The van der Waals surface area contributed by atoms with Gasteiger partial charge in [0.25, 0.3) is 0 Å². The molecule has 0 saturated heterocycles. The van der Waals surface area contributed by atoms with Gasteiger partial charge in [-0.3, -0.25) is 4.79 Å². The first-order valence-electron chi connectivity index (χ1n) is 6.42. The smallest absolute Gasteiger partial charge is 0.234 e. The highest BCUT2D eigenvalue weighted by molar-refractivity contribution is 5.78. The SMILES string of the molecule is CCOC(C)(C)CNCC(=O)NC(C)C(C)C. The summed E-state index contributed by atoms with van der Waals surface area (Å²) in [4.78, 5) is 11.6. The van der Waals surface area contributed by atoms with Crippen molar-refractivity contribution in [1.82, 2.24) is 10.6 Å². The van der Waals surface area contributed by atoms with Crippen molar-refractivity contribution in [3.05, 3.63) is 0 Å². The van der Waals surface area contributed by atoms with E-state index in [-0.39, 0.29) is 17.6 Å². The van der Waals surface area contributed by atoms with Crippen LogP contribution in [0.3, 0.4) is 0 Å². The Morgan fingerprint density at radius 1 is 1.29 bits per heavy atom. The molecule has 0 aromatic rings. The maximum atomic E-state index is 11.6. The van der Waals surface area contributed by atoms with Crippen LogP contribution in [0.4, 0.5) is 0 Å². The van der Waals surface area contributed by atoms with Crippen molar-refractivity contribution in [3.63, 3.8) is 0 Å². The van der Waals surface area contributed by atoms with E-state index in [9.17, 15) is 4.79 Å². The average molecular weight is 244 g/mol. The molecule has 0 aromatic heterocycles. The molecular weight excluding hydrogens is 216 g/mol. The molecule has 0 aromatic carbocycles. The molecule has 0 saturated carbocycles. The summed E-state index contributed by atoms with van der Waals surface area (Å²) in [6.45, 7) is 13.9. The Kier molecular flexibility index (Phi) is 7.39. The van der Waals surface area contributed by atoms with Crippen LogP contribution >= 0.6 is 0 Å². The van der Waals surface area contributed by atoms with E-state index in [1.807, 2.05) is 27.7 Å². The maximum absolute atomic E-state index is 11.6. The van der Waals surface area contributed by atoms with Crippen molar-refractivity contribution >= 4 is 5.91 Å². The summed E-state index contributed by atoms with van der Waals surface area (Å²) in [5.74, 6) is 0.498. The van der Waals surface area contributed by atoms with Crippen LogP contribution in [0.15, 0.2) is 0 Å². The molecular formula is C13H28N2O2. The number of nitrogens with one attached hydrogen (secondary N) is 2. The van der Waals surface area contributed by atoms with Crippen LogP contribution in [0.25, 0.3) is 0 Å². The number of carbonyl (C=O) groups is 1. The summed E-state index contributed by atoms with van der Waals surface area (Å²) in [5, 5.41) is 6.07. The van der Waals surface area contributed by atoms with E-state index < -0.39 is 0 Å². The van der Waals surface area contributed by atoms with E-state index in [4.69, 9.17) is 4.74 Å². The molecule has 0 aliphatic rings. The summed E-state index contributed by atoms with van der Waals surface area (Å²) in [6, 6.07) is 0.212. The largest absolute Gasteiger partial charge is 0.375 e. The third-order valence-corrected chi connectivity index (χ3v) is 2.76. The van der Waals surface area contributed by atoms with Crippen molar-refractivity contribution < 1.29 is 9.53 Å². The highest BCUT2D eigenvalue weighted by Crippen LogP contribution is 2.06. The summed E-state index contributed by atoms with van der Waals surface area (Å²) in [5.41, 5.74) is -0.224. The first kappa shape index (κ1) is 16.4. The van der Waals surface area contributed by atoms with Gasteiger partial charge < -0.3 is 15.4 Å². The van der Waals surface area contributed by atoms with Gasteiger partial charge in [0.2, 0.25) is 5.91 Å². The standard InChI is InChI=1S/C13H28N2O2/c1-7-17-13(5,6)9-14-8-12(16)15-11(4)10(2)3/h10-11,14H,7-9H2,1-6H3,(H,15,16). The van der Waals surface area contributed by atoms with E-state index in [0.717, 1.165) is 0 Å². The highest BCUT2D eigenvalue weighted by Gasteiger charge is 2.17. The Hall–Kier alpha value is -0.610. The molecule has 0 aliphatic carbocycles. The van der Waals surface area contributed by atoms with Gasteiger partial charge in [-0.05, 0) is 33.6 Å². The van der Waals surface area contributed by atoms with E-state index in [2.05, 4.69) is 24.5 Å². The van der Waals surface area contributed by atoms with E-state index in [0.29, 0.717) is 25.6 Å². The Bertz CT molecular complexity index is 227. The summed E-state index contributed by atoms with van der Waals surface area (Å²) in [7, 11) is 0. The summed E-state index contributed by atoms with van der Waals surface area (Å²) in [6.07, 6.45) is 0. The van der Waals surface area contributed by atoms with E-state index in [1.54, 1.807) is 0 Å². The minimum atomic E-state index is -0.224. The molecule has 102 valence electrons. The lowest BCUT2D eigenvalue weighted by atomic mass is 10.1. The zero-order valence-corrected chi connectivity index (χ0v) is 12.1. The van der Waals surface area contributed by atoms with Gasteiger partial charge in [0.05, 0.1) is 12.1 Å². The second-order valence-corrected chi connectivity index (χ2v) is 5.40. The molecule has 4 nitrogen and oxygen atoms in total.